The highest BCUT2D eigenvalue weighted by Crippen LogP contribution is 2.34. The Bertz CT molecular complexity index is 1160. The van der Waals surface area contributed by atoms with Crippen LogP contribution in [0.5, 0.6) is 0 Å². The van der Waals surface area contributed by atoms with Crippen molar-refractivity contribution < 1.29 is 13.2 Å². The van der Waals surface area contributed by atoms with Crippen LogP contribution in [0.1, 0.15) is 24.0 Å². The molecule has 0 bridgehead atoms. The van der Waals surface area contributed by atoms with Gasteiger partial charge in [0.15, 0.2) is 0 Å². The molecule has 6 heteroatoms. The van der Waals surface area contributed by atoms with Gasteiger partial charge in [-0.2, -0.15) is 4.31 Å². The fraction of sp³-hybridized carbons (Fsp3) is 0.190. The fourth-order valence-electron chi connectivity index (χ4n) is 3.41. The Morgan fingerprint density at radius 1 is 1.00 bits per heavy atom. The Hall–Kier alpha value is -2.70. The maximum atomic E-state index is 13.0. The average Bonchev–Trinajstić information content (AvgIpc) is 2.95. The van der Waals surface area contributed by atoms with Crippen LogP contribution in [0.2, 0.25) is 0 Å². The summed E-state index contributed by atoms with van der Waals surface area (Å²) in [6, 6.07) is 18.7. The van der Waals surface area contributed by atoms with Crippen molar-refractivity contribution in [1.82, 2.24) is 4.31 Å². The molecule has 1 aliphatic heterocycles. The van der Waals surface area contributed by atoms with Gasteiger partial charge in [-0.1, -0.05) is 36.4 Å². The molecule has 0 aliphatic carbocycles. The summed E-state index contributed by atoms with van der Waals surface area (Å²) in [4.78, 5) is 12.0. The van der Waals surface area contributed by atoms with Crippen LogP contribution in [-0.4, -0.2) is 25.7 Å². The minimum absolute atomic E-state index is 0.107. The van der Waals surface area contributed by atoms with Crippen molar-refractivity contribution in [2.75, 3.05) is 12.4 Å². The minimum atomic E-state index is -3.66. The van der Waals surface area contributed by atoms with Crippen molar-refractivity contribution in [1.29, 1.82) is 0 Å². The normalized spacial score (nSPS) is 16.6. The van der Waals surface area contributed by atoms with E-state index in [1.165, 1.54) is 4.31 Å². The van der Waals surface area contributed by atoms with Crippen molar-refractivity contribution in [2.24, 2.45) is 0 Å². The SMILES string of the molecule is C[C@@H]1C(=O)Nc2ccc(S(=O)(=O)N(C)Cc3ccc4ccccc4c3)cc21. The van der Waals surface area contributed by atoms with E-state index < -0.39 is 10.0 Å². The van der Waals surface area contributed by atoms with Crippen molar-refractivity contribution >= 4 is 32.4 Å². The molecule has 0 unspecified atom stereocenters. The zero-order valence-corrected chi connectivity index (χ0v) is 16.0. The quantitative estimate of drug-likeness (QED) is 0.750. The summed E-state index contributed by atoms with van der Waals surface area (Å²) in [6.07, 6.45) is 0. The molecule has 0 saturated carbocycles. The largest absolute Gasteiger partial charge is 0.325 e. The molecule has 3 aromatic rings. The van der Waals surface area contributed by atoms with E-state index in [-0.39, 0.29) is 23.3 Å². The molecule has 3 aromatic carbocycles. The van der Waals surface area contributed by atoms with E-state index >= 15 is 0 Å². The molecule has 1 amide bonds. The molecule has 1 N–H and O–H groups in total. The first-order valence-corrected chi connectivity index (χ1v) is 10.2. The van der Waals surface area contributed by atoms with Gasteiger partial charge in [-0.3, -0.25) is 4.79 Å². The number of sulfonamides is 1. The van der Waals surface area contributed by atoms with Gasteiger partial charge in [-0.15, -0.1) is 0 Å². The average molecular weight is 380 g/mol. The predicted octanol–water partition coefficient (Wildman–Crippen LogP) is 3.72. The first-order chi connectivity index (χ1) is 12.9. The van der Waals surface area contributed by atoms with E-state index in [4.69, 9.17) is 0 Å². The van der Waals surface area contributed by atoms with Gasteiger partial charge in [0.25, 0.3) is 0 Å². The molecule has 5 nitrogen and oxygen atoms in total. The lowest BCUT2D eigenvalue weighted by atomic mass is 10.0. The lowest BCUT2D eigenvalue weighted by Gasteiger charge is -2.18. The van der Waals surface area contributed by atoms with Crippen molar-refractivity contribution in [3.8, 4) is 0 Å². The number of nitrogens with one attached hydrogen (secondary N) is 1. The third-order valence-corrected chi connectivity index (χ3v) is 6.87. The number of rotatable bonds is 4. The first-order valence-electron chi connectivity index (χ1n) is 8.75. The number of fused-ring (bicyclic) bond motifs is 2. The van der Waals surface area contributed by atoms with Crippen LogP contribution in [0.25, 0.3) is 10.8 Å². The highest BCUT2D eigenvalue weighted by Gasteiger charge is 2.29. The van der Waals surface area contributed by atoms with Gasteiger partial charge < -0.3 is 5.32 Å². The molecular weight excluding hydrogens is 360 g/mol. The molecule has 1 heterocycles. The van der Waals surface area contributed by atoms with Gasteiger partial charge in [0, 0.05) is 19.3 Å². The summed E-state index contributed by atoms with van der Waals surface area (Å²) < 4.78 is 27.4. The van der Waals surface area contributed by atoms with Crippen molar-refractivity contribution in [2.45, 2.75) is 24.3 Å². The molecule has 1 aliphatic rings. The number of hydrogen-bond donors (Lipinski definition) is 1. The summed E-state index contributed by atoms with van der Waals surface area (Å²) in [5.74, 6) is -0.454. The van der Waals surface area contributed by atoms with Crippen LogP contribution in [0.15, 0.2) is 65.6 Å². The highest BCUT2D eigenvalue weighted by atomic mass is 32.2. The number of carbonyl (C=O) groups excluding carboxylic acids is 1. The van der Waals surface area contributed by atoms with Gasteiger partial charge in [-0.05, 0) is 53.1 Å². The molecular formula is C21H20N2O3S. The molecule has 4 rings (SSSR count). The zero-order chi connectivity index (χ0) is 19.2. The number of hydrogen-bond acceptors (Lipinski definition) is 3. The van der Waals surface area contributed by atoms with Gasteiger partial charge in [0.2, 0.25) is 15.9 Å². The molecule has 0 aromatic heterocycles. The predicted molar refractivity (Wildman–Crippen MR) is 106 cm³/mol. The van der Waals surface area contributed by atoms with E-state index in [1.54, 1.807) is 32.2 Å². The van der Waals surface area contributed by atoms with Crippen LogP contribution in [-0.2, 0) is 21.4 Å². The second-order valence-corrected chi connectivity index (χ2v) is 8.95. The van der Waals surface area contributed by atoms with Crippen LogP contribution in [0, 0.1) is 0 Å². The van der Waals surface area contributed by atoms with E-state index in [1.807, 2.05) is 42.5 Å². The third kappa shape index (κ3) is 3.11. The minimum Gasteiger partial charge on any atom is -0.325 e. The second kappa shape index (κ2) is 6.48. The fourth-order valence-corrected chi connectivity index (χ4v) is 4.61. The third-order valence-electron chi connectivity index (χ3n) is 5.07. The monoisotopic (exact) mass is 380 g/mol. The van der Waals surface area contributed by atoms with Crippen LogP contribution in [0.3, 0.4) is 0 Å². The molecule has 1 atom stereocenters. The summed E-state index contributed by atoms with van der Waals surface area (Å²) in [5, 5.41) is 4.97. The first kappa shape index (κ1) is 17.7. The Morgan fingerprint density at radius 3 is 2.52 bits per heavy atom. The van der Waals surface area contributed by atoms with Crippen LogP contribution >= 0.6 is 0 Å². The van der Waals surface area contributed by atoms with E-state index in [2.05, 4.69) is 5.32 Å². The Balaban J connectivity index is 1.62. The number of nitrogens with zero attached hydrogens (tertiary/aromatic N) is 1. The molecule has 0 fully saturated rings. The number of amides is 1. The molecule has 0 saturated heterocycles. The zero-order valence-electron chi connectivity index (χ0n) is 15.1. The summed E-state index contributed by atoms with van der Waals surface area (Å²) in [7, 11) is -2.08. The number of carbonyl (C=O) groups is 1. The maximum absolute atomic E-state index is 13.0. The van der Waals surface area contributed by atoms with Crippen molar-refractivity contribution in [3.63, 3.8) is 0 Å². The topological polar surface area (TPSA) is 66.5 Å². The van der Waals surface area contributed by atoms with E-state index in [0.29, 0.717) is 5.69 Å². The van der Waals surface area contributed by atoms with Gasteiger partial charge in [0.05, 0.1) is 10.8 Å². The number of anilines is 1. The summed E-state index contributed by atoms with van der Waals surface area (Å²) in [5.41, 5.74) is 2.33. The highest BCUT2D eigenvalue weighted by molar-refractivity contribution is 7.89. The molecule has 0 radical (unpaired) electrons. The van der Waals surface area contributed by atoms with Crippen molar-refractivity contribution in [3.05, 3.63) is 71.8 Å². The summed E-state index contributed by atoms with van der Waals surface area (Å²) in [6.45, 7) is 2.05. The maximum Gasteiger partial charge on any atom is 0.243 e. The Kier molecular flexibility index (Phi) is 4.25. The van der Waals surface area contributed by atoms with Gasteiger partial charge >= 0.3 is 0 Å². The molecule has 0 spiro atoms. The number of benzene rings is 3. The Morgan fingerprint density at radius 2 is 1.74 bits per heavy atom. The van der Waals surface area contributed by atoms with Crippen LogP contribution in [0.4, 0.5) is 5.69 Å². The van der Waals surface area contributed by atoms with Gasteiger partial charge in [0.1, 0.15) is 0 Å². The van der Waals surface area contributed by atoms with Crippen LogP contribution < -0.4 is 5.32 Å². The summed E-state index contributed by atoms with van der Waals surface area (Å²) >= 11 is 0. The molecule has 138 valence electrons. The lowest BCUT2D eigenvalue weighted by Crippen LogP contribution is -2.26. The van der Waals surface area contributed by atoms with Gasteiger partial charge in [-0.25, -0.2) is 8.42 Å². The lowest BCUT2D eigenvalue weighted by molar-refractivity contribution is -0.116. The second-order valence-electron chi connectivity index (χ2n) is 6.90. The molecule has 27 heavy (non-hydrogen) atoms. The standard InChI is InChI=1S/C21H20N2O3S/c1-14-19-12-18(9-10-20(19)22-21(14)24)27(25,26)23(2)13-15-7-8-16-5-3-4-6-17(16)11-15/h3-12,14H,13H2,1-2H3,(H,22,24)/t14-/m0/s1. The van der Waals surface area contributed by atoms with E-state index in [9.17, 15) is 13.2 Å². The van der Waals surface area contributed by atoms with E-state index in [0.717, 1.165) is 21.9 Å². The smallest absolute Gasteiger partial charge is 0.243 e. The Labute approximate surface area is 158 Å².